The Balaban J connectivity index is 2.23. The zero-order chi connectivity index (χ0) is 14.0. The van der Waals surface area contributed by atoms with Crippen molar-refractivity contribution in [2.24, 2.45) is 0 Å². The van der Waals surface area contributed by atoms with Crippen LogP contribution in [0, 0.1) is 0 Å². The Kier molecular flexibility index (Phi) is 4.55. The highest BCUT2D eigenvalue weighted by molar-refractivity contribution is 7.89. The quantitative estimate of drug-likeness (QED) is 0.838. The van der Waals surface area contributed by atoms with Gasteiger partial charge >= 0.3 is 0 Å². The molecule has 0 spiro atoms. The van der Waals surface area contributed by atoms with Gasteiger partial charge in [-0.3, -0.25) is 0 Å². The van der Waals surface area contributed by atoms with Crippen molar-refractivity contribution in [1.82, 2.24) is 14.2 Å². The molecule has 1 saturated heterocycles. The second-order valence-electron chi connectivity index (χ2n) is 5.17. The zero-order valence-electron chi connectivity index (χ0n) is 11.3. The van der Waals surface area contributed by atoms with E-state index < -0.39 is 10.0 Å². The number of likely N-dealkylation sites (N-methyl/N-ethyl adjacent to an activating group) is 1. The minimum atomic E-state index is -3.41. The van der Waals surface area contributed by atoms with Crippen molar-refractivity contribution < 1.29 is 8.42 Å². The average Bonchev–Trinajstić information content (AvgIpc) is 2.95. The molecule has 0 radical (unpaired) electrons. The number of hydrogen-bond donors (Lipinski definition) is 1. The highest BCUT2D eigenvalue weighted by atomic mass is 35.5. The van der Waals surface area contributed by atoms with Crippen molar-refractivity contribution in [3.63, 3.8) is 0 Å². The lowest BCUT2D eigenvalue weighted by molar-refractivity contribution is 0.291. The van der Waals surface area contributed by atoms with E-state index in [2.05, 4.69) is 4.98 Å². The molecule has 2 rings (SSSR count). The Bertz CT molecular complexity index is 527. The van der Waals surface area contributed by atoms with Gasteiger partial charge in [0.1, 0.15) is 0 Å². The lowest BCUT2D eigenvalue weighted by Gasteiger charge is -2.25. The number of alkyl halides is 1. The fraction of sp³-hybridized carbons (Fsp3) is 0.667. The predicted octanol–water partition coefficient (Wildman–Crippen LogP) is 1.47. The number of rotatable bonds is 5. The summed E-state index contributed by atoms with van der Waals surface area (Å²) in [6.45, 7) is 1.36. The second kappa shape index (κ2) is 5.83. The molecule has 0 aromatic carbocycles. The lowest BCUT2D eigenvalue weighted by Crippen LogP contribution is -2.41. The van der Waals surface area contributed by atoms with Crippen LogP contribution >= 0.6 is 11.6 Å². The molecule has 1 fully saturated rings. The van der Waals surface area contributed by atoms with Crippen LogP contribution in [0.3, 0.4) is 0 Å². The Morgan fingerprint density at radius 1 is 1.53 bits per heavy atom. The number of sulfonamides is 1. The molecule has 1 atom stereocenters. The highest BCUT2D eigenvalue weighted by Gasteiger charge is 2.35. The molecular formula is C12H20ClN3O2S. The molecule has 0 aliphatic carbocycles. The van der Waals surface area contributed by atoms with E-state index >= 15 is 0 Å². The largest absolute Gasteiger partial charge is 0.363 e. The van der Waals surface area contributed by atoms with Gasteiger partial charge in [-0.1, -0.05) is 0 Å². The molecular weight excluding hydrogens is 286 g/mol. The first kappa shape index (κ1) is 14.8. The van der Waals surface area contributed by atoms with Crippen LogP contribution in [0.4, 0.5) is 0 Å². The Morgan fingerprint density at radius 3 is 2.84 bits per heavy atom. The van der Waals surface area contributed by atoms with Crippen molar-refractivity contribution in [2.75, 3.05) is 27.2 Å². The van der Waals surface area contributed by atoms with Crippen molar-refractivity contribution >= 4 is 21.6 Å². The molecule has 7 heteroatoms. The minimum Gasteiger partial charge on any atom is -0.363 e. The van der Waals surface area contributed by atoms with E-state index in [1.165, 1.54) is 6.20 Å². The highest BCUT2D eigenvalue weighted by Crippen LogP contribution is 2.26. The van der Waals surface area contributed by atoms with E-state index in [9.17, 15) is 8.42 Å². The van der Waals surface area contributed by atoms with Gasteiger partial charge in [0.15, 0.2) is 0 Å². The van der Waals surface area contributed by atoms with Gasteiger partial charge in [0.05, 0.1) is 10.8 Å². The van der Waals surface area contributed by atoms with Crippen LogP contribution in [0.25, 0.3) is 0 Å². The summed E-state index contributed by atoms with van der Waals surface area (Å²) in [5.41, 5.74) is 0.726. The average molecular weight is 306 g/mol. The van der Waals surface area contributed by atoms with Gasteiger partial charge in [-0.05, 0) is 33.0 Å². The third-order valence-corrected chi connectivity index (χ3v) is 5.58. The van der Waals surface area contributed by atoms with Gasteiger partial charge in [0, 0.05) is 31.0 Å². The van der Waals surface area contributed by atoms with Gasteiger partial charge in [-0.15, -0.1) is 11.6 Å². The maximum atomic E-state index is 12.6. The van der Waals surface area contributed by atoms with Crippen molar-refractivity contribution in [3.8, 4) is 0 Å². The summed E-state index contributed by atoms with van der Waals surface area (Å²) < 4.78 is 26.8. The first-order valence-electron chi connectivity index (χ1n) is 6.35. The summed E-state index contributed by atoms with van der Waals surface area (Å²) in [6.07, 6.45) is 3.37. The first-order valence-corrected chi connectivity index (χ1v) is 8.32. The van der Waals surface area contributed by atoms with Crippen LogP contribution in [-0.4, -0.2) is 55.8 Å². The topological polar surface area (TPSA) is 56.4 Å². The summed E-state index contributed by atoms with van der Waals surface area (Å²) in [5, 5.41) is 0. The van der Waals surface area contributed by atoms with Gasteiger partial charge in [0.2, 0.25) is 10.0 Å². The van der Waals surface area contributed by atoms with E-state index in [1.54, 1.807) is 10.4 Å². The lowest BCUT2D eigenvalue weighted by atomic mass is 10.2. The molecule has 1 unspecified atom stereocenters. The maximum Gasteiger partial charge on any atom is 0.244 e. The normalized spacial score (nSPS) is 21.4. The van der Waals surface area contributed by atoms with E-state index in [-0.39, 0.29) is 11.9 Å². The zero-order valence-corrected chi connectivity index (χ0v) is 12.8. The summed E-state index contributed by atoms with van der Waals surface area (Å²) in [6, 6.07) is 1.68. The fourth-order valence-electron chi connectivity index (χ4n) is 2.51. The first-order chi connectivity index (χ1) is 8.95. The van der Waals surface area contributed by atoms with Crippen LogP contribution < -0.4 is 0 Å². The number of nitrogens with zero attached hydrogens (tertiary/aromatic N) is 2. The maximum absolute atomic E-state index is 12.6. The van der Waals surface area contributed by atoms with E-state index in [4.69, 9.17) is 11.6 Å². The summed E-state index contributed by atoms with van der Waals surface area (Å²) in [5.74, 6) is 0.288. The number of aromatic nitrogens is 1. The van der Waals surface area contributed by atoms with E-state index in [0.717, 1.165) is 25.1 Å². The van der Waals surface area contributed by atoms with Crippen LogP contribution in [0.1, 0.15) is 18.5 Å². The summed E-state index contributed by atoms with van der Waals surface area (Å²) in [7, 11) is 0.521. The second-order valence-corrected chi connectivity index (χ2v) is 7.33. The molecule has 5 nitrogen and oxygen atoms in total. The number of H-pyrrole nitrogens is 1. The number of aromatic amines is 1. The van der Waals surface area contributed by atoms with Gasteiger partial charge in [0.25, 0.3) is 0 Å². The summed E-state index contributed by atoms with van der Waals surface area (Å²) in [4.78, 5) is 5.23. The minimum absolute atomic E-state index is 0.0642. The van der Waals surface area contributed by atoms with Crippen molar-refractivity contribution in [1.29, 1.82) is 0 Å². The molecule has 1 N–H and O–H groups in total. The van der Waals surface area contributed by atoms with E-state index in [0.29, 0.717) is 11.4 Å². The Labute approximate surface area is 119 Å². The monoisotopic (exact) mass is 305 g/mol. The van der Waals surface area contributed by atoms with Gasteiger partial charge in [-0.2, -0.15) is 4.31 Å². The smallest absolute Gasteiger partial charge is 0.244 e. The molecule has 108 valence electrons. The molecule has 1 aromatic heterocycles. The number of hydrogen-bond acceptors (Lipinski definition) is 3. The fourth-order valence-corrected chi connectivity index (χ4v) is 4.37. The molecule has 0 saturated carbocycles. The third-order valence-electron chi connectivity index (χ3n) is 3.37. The molecule has 0 bridgehead atoms. The SMILES string of the molecule is CN(C)CC1CCCN1S(=O)(=O)c1c[nH]c(CCl)c1. The van der Waals surface area contributed by atoms with Crippen LogP contribution in [0.5, 0.6) is 0 Å². The van der Waals surface area contributed by atoms with Gasteiger partial charge in [-0.25, -0.2) is 8.42 Å². The van der Waals surface area contributed by atoms with Crippen LogP contribution in [-0.2, 0) is 15.9 Å². The predicted molar refractivity (Wildman–Crippen MR) is 75.8 cm³/mol. The Hall–Kier alpha value is -0.560. The molecule has 2 heterocycles. The molecule has 1 aliphatic heterocycles. The third kappa shape index (κ3) is 3.13. The molecule has 1 aromatic rings. The number of halogens is 1. The van der Waals surface area contributed by atoms with Gasteiger partial charge < -0.3 is 9.88 Å². The van der Waals surface area contributed by atoms with E-state index in [1.807, 2.05) is 19.0 Å². The Morgan fingerprint density at radius 2 is 2.26 bits per heavy atom. The van der Waals surface area contributed by atoms with Crippen molar-refractivity contribution in [3.05, 3.63) is 18.0 Å². The molecule has 19 heavy (non-hydrogen) atoms. The van der Waals surface area contributed by atoms with Crippen molar-refractivity contribution in [2.45, 2.75) is 29.7 Å². The number of nitrogens with one attached hydrogen (secondary N) is 1. The van der Waals surface area contributed by atoms with Crippen LogP contribution in [0.2, 0.25) is 0 Å². The molecule has 0 amide bonds. The molecule has 1 aliphatic rings. The standard InChI is InChI=1S/C12H20ClN3O2S/c1-15(2)9-11-4-3-5-16(11)19(17,18)12-6-10(7-13)14-8-12/h6,8,11,14H,3-5,7,9H2,1-2H3. The summed E-state index contributed by atoms with van der Waals surface area (Å²) >= 11 is 5.70. The van der Waals surface area contributed by atoms with Crippen LogP contribution in [0.15, 0.2) is 17.2 Å².